The Hall–Kier alpha value is -1.95. The van der Waals surface area contributed by atoms with Crippen molar-refractivity contribution in [1.29, 1.82) is 0 Å². The third-order valence-corrected chi connectivity index (χ3v) is 7.60. The van der Waals surface area contributed by atoms with Crippen LogP contribution in [-0.2, 0) is 4.79 Å². The molecular weight excluding hydrogens is 534 g/mol. The molecule has 0 saturated carbocycles. The lowest BCUT2D eigenvalue weighted by atomic mass is 10.0. The van der Waals surface area contributed by atoms with Crippen LogP contribution in [0.3, 0.4) is 0 Å². The van der Waals surface area contributed by atoms with Gasteiger partial charge in [-0.05, 0) is 51.4 Å². The van der Waals surface area contributed by atoms with Crippen molar-refractivity contribution in [3.05, 3.63) is 60.8 Å². The van der Waals surface area contributed by atoms with Gasteiger partial charge in [0.2, 0.25) is 5.91 Å². The summed E-state index contributed by atoms with van der Waals surface area (Å²) in [6.07, 6.45) is 41.8. The van der Waals surface area contributed by atoms with Crippen molar-refractivity contribution in [2.75, 3.05) is 6.61 Å². The Kier molecular flexibility index (Phi) is 31.5. The zero-order valence-electron chi connectivity index (χ0n) is 27.8. The summed E-state index contributed by atoms with van der Waals surface area (Å²) in [7, 11) is 0. The molecule has 0 unspecified atom stereocenters. The van der Waals surface area contributed by atoms with Crippen LogP contribution in [0.5, 0.6) is 0 Å². The van der Waals surface area contributed by atoms with Crippen LogP contribution in [0.15, 0.2) is 60.8 Å². The van der Waals surface area contributed by atoms with Crippen LogP contribution in [0, 0.1) is 0 Å². The first kappa shape index (κ1) is 41.0. The van der Waals surface area contributed by atoms with Crippen molar-refractivity contribution in [3.63, 3.8) is 0 Å². The maximum atomic E-state index is 12.3. The summed E-state index contributed by atoms with van der Waals surface area (Å²) < 4.78 is 0. The number of carbonyl (C=O) groups excluding carboxylic acids is 1. The summed E-state index contributed by atoms with van der Waals surface area (Å²) in [6.45, 7) is 4.15. The Morgan fingerprint density at radius 1 is 0.628 bits per heavy atom. The minimum absolute atomic E-state index is 0.226. The molecule has 0 aromatic rings. The molecule has 0 aromatic carbocycles. The first-order valence-electron chi connectivity index (χ1n) is 17.6. The summed E-state index contributed by atoms with van der Waals surface area (Å²) in [5.41, 5.74) is 0. The van der Waals surface area contributed by atoms with Crippen LogP contribution in [-0.4, -0.2) is 46.1 Å². The predicted molar refractivity (Wildman–Crippen MR) is 185 cm³/mol. The van der Waals surface area contributed by atoms with E-state index in [1.165, 1.54) is 89.9 Å². The third-order valence-electron chi connectivity index (χ3n) is 7.60. The Morgan fingerprint density at radius 3 is 1.81 bits per heavy atom. The Balaban J connectivity index is 3.92. The standard InChI is InChI=1S/C38H67NO4/c1-3-5-7-9-11-13-15-17-19-21-23-25-27-30-35(41)31-29-33-38(43)39-36(34-40)37(42)32-28-26-24-22-20-18-16-14-12-10-8-6-4-2/h11,13,17,19,23,25,27-28,30,32,35-37,40-42H,3-10,12,14-16,18,20-22,24,26,29,31,33-34H2,1-2H3,(H,39,43)/b13-11-,19-17-,25-23-,30-27+,32-28+/t35-,36-,37+/m0/s1. The molecule has 0 spiro atoms. The monoisotopic (exact) mass is 602 g/mol. The predicted octanol–water partition coefficient (Wildman–Crippen LogP) is 9.20. The van der Waals surface area contributed by atoms with Crippen LogP contribution >= 0.6 is 0 Å². The number of hydrogen-bond acceptors (Lipinski definition) is 4. The number of aliphatic hydroxyl groups excluding tert-OH is 3. The van der Waals surface area contributed by atoms with Gasteiger partial charge in [0.05, 0.1) is 24.9 Å². The fourth-order valence-corrected chi connectivity index (χ4v) is 4.81. The van der Waals surface area contributed by atoms with Crippen LogP contribution in [0.4, 0.5) is 0 Å². The summed E-state index contributed by atoms with van der Waals surface area (Å²) in [5, 5.41) is 32.9. The van der Waals surface area contributed by atoms with Crippen molar-refractivity contribution in [2.45, 2.75) is 167 Å². The minimum Gasteiger partial charge on any atom is -0.394 e. The molecule has 0 aliphatic carbocycles. The Morgan fingerprint density at radius 2 is 1.16 bits per heavy atom. The molecule has 5 nitrogen and oxygen atoms in total. The lowest BCUT2D eigenvalue weighted by Gasteiger charge is -2.20. The average molecular weight is 602 g/mol. The highest BCUT2D eigenvalue weighted by Crippen LogP contribution is 2.12. The number of rotatable bonds is 30. The highest BCUT2D eigenvalue weighted by molar-refractivity contribution is 5.76. The highest BCUT2D eigenvalue weighted by Gasteiger charge is 2.18. The van der Waals surface area contributed by atoms with Crippen LogP contribution in [0.25, 0.3) is 0 Å². The number of aliphatic hydroxyl groups is 3. The maximum absolute atomic E-state index is 12.3. The van der Waals surface area contributed by atoms with Gasteiger partial charge in [-0.3, -0.25) is 4.79 Å². The lowest BCUT2D eigenvalue weighted by molar-refractivity contribution is -0.123. The molecule has 0 aliphatic rings. The number of hydrogen-bond donors (Lipinski definition) is 4. The molecular formula is C38H67NO4. The molecule has 0 aliphatic heterocycles. The van der Waals surface area contributed by atoms with Crippen molar-refractivity contribution in [2.24, 2.45) is 0 Å². The molecule has 0 fully saturated rings. The van der Waals surface area contributed by atoms with Gasteiger partial charge in [-0.25, -0.2) is 0 Å². The highest BCUT2D eigenvalue weighted by atomic mass is 16.3. The second kappa shape index (κ2) is 33.0. The van der Waals surface area contributed by atoms with Crippen LogP contribution < -0.4 is 5.32 Å². The van der Waals surface area contributed by atoms with Crippen molar-refractivity contribution in [3.8, 4) is 0 Å². The molecule has 0 bridgehead atoms. The summed E-state index contributed by atoms with van der Waals surface area (Å²) >= 11 is 0. The first-order valence-corrected chi connectivity index (χ1v) is 17.6. The molecule has 43 heavy (non-hydrogen) atoms. The Labute approximate surface area is 265 Å². The number of allylic oxidation sites excluding steroid dienone is 8. The van der Waals surface area contributed by atoms with E-state index in [9.17, 15) is 20.1 Å². The van der Waals surface area contributed by atoms with E-state index in [0.717, 1.165) is 25.7 Å². The molecule has 5 heteroatoms. The first-order chi connectivity index (χ1) is 21.0. The molecule has 4 N–H and O–H groups in total. The SMILES string of the molecule is CCCCC/C=C\C/C=C\C/C=C\C=C\[C@H](O)CCCC(=O)N[C@@H](CO)[C@H](O)/C=C/CCCCCCCCCCCCC. The van der Waals surface area contributed by atoms with Gasteiger partial charge in [0.1, 0.15) is 0 Å². The average Bonchev–Trinajstić information content (AvgIpc) is 3.00. The molecule has 3 atom stereocenters. The van der Waals surface area contributed by atoms with Gasteiger partial charge in [0, 0.05) is 6.42 Å². The second-order valence-corrected chi connectivity index (χ2v) is 11.8. The zero-order chi connectivity index (χ0) is 31.6. The number of unbranched alkanes of at least 4 members (excludes halogenated alkanes) is 14. The van der Waals surface area contributed by atoms with Gasteiger partial charge in [-0.2, -0.15) is 0 Å². The van der Waals surface area contributed by atoms with Crippen LogP contribution in [0.2, 0.25) is 0 Å². The topological polar surface area (TPSA) is 89.8 Å². The maximum Gasteiger partial charge on any atom is 0.220 e. The number of amides is 1. The third kappa shape index (κ3) is 29.9. The quantitative estimate of drug-likeness (QED) is 0.0375. The Bertz CT molecular complexity index is 755. The van der Waals surface area contributed by atoms with Crippen LogP contribution in [0.1, 0.15) is 149 Å². The minimum atomic E-state index is -0.913. The summed E-state index contributed by atoms with van der Waals surface area (Å²) in [6, 6.07) is -0.716. The van der Waals surface area contributed by atoms with E-state index in [0.29, 0.717) is 12.8 Å². The van der Waals surface area contributed by atoms with E-state index in [-0.39, 0.29) is 18.9 Å². The molecule has 0 rings (SSSR count). The molecule has 1 amide bonds. The van der Waals surface area contributed by atoms with E-state index in [4.69, 9.17) is 0 Å². The van der Waals surface area contributed by atoms with Gasteiger partial charge in [-0.1, -0.05) is 152 Å². The number of carbonyl (C=O) groups is 1. The second-order valence-electron chi connectivity index (χ2n) is 11.8. The molecule has 0 heterocycles. The number of nitrogens with one attached hydrogen (secondary N) is 1. The summed E-state index contributed by atoms with van der Waals surface area (Å²) in [5.74, 6) is -0.226. The van der Waals surface area contributed by atoms with E-state index < -0.39 is 18.2 Å². The molecule has 248 valence electrons. The van der Waals surface area contributed by atoms with E-state index in [1.54, 1.807) is 12.2 Å². The van der Waals surface area contributed by atoms with Crippen molar-refractivity contribution in [1.82, 2.24) is 5.32 Å². The smallest absolute Gasteiger partial charge is 0.220 e. The van der Waals surface area contributed by atoms with Gasteiger partial charge < -0.3 is 20.6 Å². The fraction of sp³-hybridized carbons (Fsp3) is 0.711. The van der Waals surface area contributed by atoms with Gasteiger partial charge in [-0.15, -0.1) is 0 Å². The summed E-state index contributed by atoms with van der Waals surface area (Å²) in [4.78, 5) is 12.3. The molecule has 0 aromatic heterocycles. The van der Waals surface area contributed by atoms with Gasteiger partial charge in [0.15, 0.2) is 0 Å². The van der Waals surface area contributed by atoms with Gasteiger partial charge >= 0.3 is 0 Å². The van der Waals surface area contributed by atoms with E-state index in [2.05, 4.69) is 43.5 Å². The van der Waals surface area contributed by atoms with Crippen molar-refractivity contribution < 1.29 is 20.1 Å². The van der Waals surface area contributed by atoms with Gasteiger partial charge in [0.25, 0.3) is 0 Å². The van der Waals surface area contributed by atoms with E-state index in [1.807, 2.05) is 24.3 Å². The lowest BCUT2D eigenvalue weighted by Crippen LogP contribution is -2.45. The largest absolute Gasteiger partial charge is 0.394 e. The fourth-order valence-electron chi connectivity index (χ4n) is 4.81. The zero-order valence-corrected chi connectivity index (χ0v) is 27.8. The molecule has 0 saturated heterocycles. The van der Waals surface area contributed by atoms with E-state index >= 15 is 0 Å². The normalized spacial score (nSPS) is 14.6. The molecule has 0 radical (unpaired) electrons. The van der Waals surface area contributed by atoms with Crippen molar-refractivity contribution >= 4 is 5.91 Å².